The Balaban J connectivity index is 1.71. The van der Waals surface area contributed by atoms with Crippen molar-refractivity contribution >= 4 is 27.3 Å². The van der Waals surface area contributed by atoms with Crippen LogP contribution < -0.4 is 5.73 Å². The predicted molar refractivity (Wildman–Crippen MR) is 80.8 cm³/mol. The molecule has 0 bridgehead atoms. The fourth-order valence-corrected chi connectivity index (χ4v) is 4.13. The molecule has 0 spiro atoms. The van der Waals surface area contributed by atoms with Crippen molar-refractivity contribution in [3.8, 4) is 0 Å². The van der Waals surface area contributed by atoms with E-state index in [-0.39, 0.29) is 0 Å². The van der Waals surface area contributed by atoms with Gasteiger partial charge in [-0.2, -0.15) is 0 Å². The van der Waals surface area contributed by atoms with Crippen molar-refractivity contribution in [1.82, 2.24) is 4.90 Å². The van der Waals surface area contributed by atoms with Gasteiger partial charge in [-0.1, -0.05) is 0 Å². The van der Waals surface area contributed by atoms with E-state index in [1.807, 2.05) is 11.3 Å². The number of hydrogen-bond acceptors (Lipinski definition) is 3. The molecular weight excluding hydrogens is 308 g/mol. The largest absolute Gasteiger partial charge is 0.329 e. The Labute approximate surface area is 122 Å². The van der Waals surface area contributed by atoms with Crippen LogP contribution in [-0.2, 0) is 0 Å². The van der Waals surface area contributed by atoms with Crippen LogP contribution in [0.2, 0.25) is 0 Å². The summed E-state index contributed by atoms with van der Waals surface area (Å²) < 4.78 is 1.19. The van der Waals surface area contributed by atoms with Crippen LogP contribution in [0.25, 0.3) is 0 Å². The zero-order valence-electron chi connectivity index (χ0n) is 10.6. The van der Waals surface area contributed by atoms with Crippen LogP contribution >= 0.6 is 27.3 Å². The van der Waals surface area contributed by atoms with Gasteiger partial charge in [0.1, 0.15) is 0 Å². The topological polar surface area (TPSA) is 29.3 Å². The molecule has 0 radical (unpaired) electrons. The smallest absolute Gasteiger partial charge is 0.0564 e. The summed E-state index contributed by atoms with van der Waals surface area (Å²) in [4.78, 5) is 4.08. The molecule has 0 aliphatic heterocycles. The SMILES string of the molecule is NCC(c1cc(Br)cs1)N(CC1CC1)CC1CC1. The molecule has 2 fully saturated rings. The van der Waals surface area contributed by atoms with Gasteiger partial charge in [-0.25, -0.2) is 0 Å². The third kappa shape index (κ3) is 3.35. The molecule has 1 aromatic heterocycles. The Morgan fingerprint density at radius 3 is 2.28 bits per heavy atom. The van der Waals surface area contributed by atoms with E-state index in [1.165, 1.54) is 48.1 Å². The molecule has 2 saturated carbocycles. The number of thiophene rings is 1. The highest BCUT2D eigenvalue weighted by molar-refractivity contribution is 9.10. The number of nitrogens with two attached hydrogens (primary N) is 1. The summed E-state index contributed by atoms with van der Waals surface area (Å²) in [6.07, 6.45) is 5.69. The fraction of sp³-hybridized carbons (Fsp3) is 0.714. The van der Waals surface area contributed by atoms with Gasteiger partial charge in [-0.15, -0.1) is 11.3 Å². The molecule has 2 aliphatic carbocycles. The standard InChI is InChI=1S/C14H21BrN2S/c15-12-5-14(18-9-12)13(6-16)17(7-10-1-2-10)8-11-3-4-11/h5,9-11,13H,1-4,6-8,16H2. The van der Waals surface area contributed by atoms with Crippen molar-refractivity contribution in [2.24, 2.45) is 17.6 Å². The summed E-state index contributed by atoms with van der Waals surface area (Å²) in [5.74, 6) is 1.89. The number of nitrogens with zero attached hydrogens (tertiary/aromatic N) is 1. The van der Waals surface area contributed by atoms with Crippen molar-refractivity contribution < 1.29 is 0 Å². The lowest BCUT2D eigenvalue weighted by molar-refractivity contribution is 0.187. The maximum absolute atomic E-state index is 6.06. The minimum absolute atomic E-state index is 0.433. The molecule has 2 nitrogen and oxygen atoms in total. The molecule has 3 rings (SSSR count). The van der Waals surface area contributed by atoms with Gasteiger partial charge in [0, 0.05) is 34.4 Å². The maximum atomic E-state index is 6.06. The van der Waals surface area contributed by atoms with Gasteiger partial charge in [-0.3, -0.25) is 4.90 Å². The molecule has 1 heterocycles. The van der Waals surface area contributed by atoms with Gasteiger partial charge in [0.25, 0.3) is 0 Å². The zero-order chi connectivity index (χ0) is 12.5. The average molecular weight is 329 g/mol. The van der Waals surface area contributed by atoms with Crippen LogP contribution in [0.5, 0.6) is 0 Å². The van der Waals surface area contributed by atoms with Crippen LogP contribution in [0.3, 0.4) is 0 Å². The third-order valence-electron chi connectivity index (χ3n) is 3.96. The van der Waals surface area contributed by atoms with E-state index in [9.17, 15) is 0 Å². The van der Waals surface area contributed by atoms with Crippen LogP contribution in [0.4, 0.5) is 0 Å². The molecule has 0 amide bonds. The van der Waals surface area contributed by atoms with E-state index in [4.69, 9.17) is 5.73 Å². The monoisotopic (exact) mass is 328 g/mol. The molecule has 2 N–H and O–H groups in total. The molecule has 1 aromatic rings. The minimum atomic E-state index is 0.433. The van der Waals surface area contributed by atoms with E-state index < -0.39 is 0 Å². The summed E-state index contributed by atoms with van der Waals surface area (Å²) in [6.45, 7) is 3.26. The van der Waals surface area contributed by atoms with Crippen molar-refractivity contribution in [3.05, 3.63) is 20.8 Å². The molecule has 0 aromatic carbocycles. The summed E-state index contributed by atoms with van der Waals surface area (Å²) >= 11 is 5.39. The number of hydrogen-bond donors (Lipinski definition) is 1. The first-order valence-corrected chi connectivity index (χ1v) is 8.61. The second-order valence-corrected chi connectivity index (χ2v) is 7.62. The second kappa shape index (κ2) is 5.61. The number of halogens is 1. The minimum Gasteiger partial charge on any atom is -0.329 e. The molecule has 4 heteroatoms. The number of rotatable bonds is 7. The lowest BCUT2D eigenvalue weighted by atomic mass is 10.1. The van der Waals surface area contributed by atoms with E-state index >= 15 is 0 Å². The first kappa shape index (κ1) is 13.1. The second-order valence-electron chi connectivity index (χ2n) is 5.76. The fourth-order valence-electron chi connectivity index (χ4n) is 2.54. The average Bonchev–Trinajstić information content (AvgIpc) is 3.25. The Hall–Kier alpha value is 0.1000. The van der Waals surface area contributed by atoms with E-state index in [0.29, 0.717) is 6.04 Å². The van der Waals surface area contributed by atoms with Crippen molar-refractivity contribution in [3.63, 3.8) is 0 Å². The first-order chi connectivity index (χ1) is 8.76. The molecule has 0 saturated heterocycles. The van der Waals surface area contributed by atoms with Gasteiger partial charge in [0.05, 0.1) is 6.04 Å². The molecule has 18 heavy (non-hydrogen) atoms. The normalized spacial score (nSPS) is 21.5. The molecule has 1 unspecified atom stereocenters. The van der Waals surface area contributed by atoms with Crippen LogP contribution in [-0.4, -0.2) is 24.5 Å². The van der Waals surface area contributed by atoms with Crippen LogP contribution in [0, 0.1) is 11.8 Å². The van der Waals surface area contributed by atoms with Crippen molar-refractivity contribution in [2.75, 3.05) is 19.6 Å². The van der Waals surface area contributed by atoms with Gasteiger partial charge < -0.3 is 5.73 Å². The third-order valence-corrected chi connectivity index (χ3v) is 5.75. The molecule has 2 aliphatic rings. The highest BCUT2D eigenvalue weighted by Crippen LogP contribution is 2.38. The molecular formula is C14H21BrN2S. The summed E-state index contributed by atoms with van der Waals surface area (Å²) in [7, 11) is 0. The highest BCUT2D eigenvalue weighted by atomic mass is 79.9. The van der Waals surface area contributed by atoms with Crippen LogP contribution in [0.15, 0.2) is 15.9 Å². The molecule has 1 atom stereocenters. The van der Waals surface area contributed by atoms with Gasteiger partial charge >= 0.3 is 0 Å². The van der Waals surface area contributed by atoms with E-state index in [2.05, 4.69) is 32.3 Å². The first-order valence-electron chi connectivity index (χ1n) is 6.94. The lowest BCUT2D eigenvalue weighted by Crippen LogP contribution is -2.36. The molecule has 100 valence electrons. The summed E-state index contributed by atoms with van der Waals surface area (Å²) in [5.41, 5.74) is 6.06. The van der Waals surface area contributed by atoms with Gasteiger partial charge in [-0.05, 0) is 59.5 Å². The summed E-state index contributed by atoms with van der Waals surface area (Å²) in [6, 6.07) is 2.68. The predicted octanol–water partition coefficient (Wildman–Crippen LogP) is 3.63. The Morgan fingerprint density at radius 2 is 1.89 bits per heavy atom. The van der Waals surface area contributed by atoms with Crippen molar-refractivity contribution in [2.45, 2.75) is 31.7 Å². The van der Waals surface area contributed by atoms with E-state index in [0.717, 1.165) is 18.4 Å². The highest BCUT2D eigenvalue weighted by Gasteiger charge is 2.33. The van der Waals surface area contributed by atoms with Crippen molar-refractivity contribution in [1.29, 1.82) is 0 Å². The quantitative estimate of drug-likeness (QED) is 0.828. The van der Waals surface area contributed by atoms with Gasteiger partial charge in [0.15, 0.2) is 0 Å². The Morgan fingerprint density at radius 1 is 1.28 bits per heavy atom. The lowest BCUT2D eigenvalue weighted by Gasteiger charge is -2.30. The zero-order valence-corrected chi connectivity index (χ0v) is 13.0. The maximum Gasteiger partial charge on any atom is 0.0564 e. The van der Waals surface area contributed by atoms with E-state index in [1.54, 1.807) is 0 Å². The Kier molecular flexibility index (Phi) is 4.09. The van der Waals surface area contributed by atoms with Gasteiger partial charge in [0.2, 0.25) is 0 Å². The Bertz CT molecular complexity index is 384. The van der Waals surface area contributed by atoms with Crippen LogP contribution in [0.1, 0.15) is 36.6 Å². The summed E-state index contributed by atoms with van der Waals surface area (Å²) in [5, 5.41) is 2.17.